The van der Waals surface area contributed by atoms with Crippen molar-refractivity contribution in [3.8, 4) is 0 Å². The highest BCUT2D eigenvalue weighted by molar-refractivity contribution is 5.78. The number of hydrogen-bond donors (Lipinski definition) is 1. The first-order chi connectivity index (χ1) is 8.65. The van der Waals surface area contributed by atoms with Crippen LogP contribution in [0.4, 0.5) is 0 Å². The minimum atomic E-state index is 0.279. The Kier molecular flexibility index (Phi) is 4.25. The van der Waals surface area contributed by atoms with Gasteiger partial charge in [-0.3, -0.25) is 4.79 Å². The molecule has 1 aromatic rings. The first-order valence-electron chi connectivity index (χ1n) is 6.45. The molecule has 0 spiro atoms. The maximum Gasteiger partial charge on any atom is 0.222 e. The molecule has 1 aromatic heterocycles. The summed E-state index contributed by atoms with van der Waals surface area (Å²) in [6.07, 6.45) is 3.47. The molecule has 1 unspecified atom stereocenters. The Morgan fingerprint density at radius 3 is 3.06 bits per heavy atom. The average molecular weight is 248 g/mol. The third-order valence-electron chi connectivity index (χ3n) is 3.13. The van der Waals surface area contributed by atoms with Crippen LogP contribution in [0, 0.1) is 6.92 Å². The van der Waals surface area contributed by atoms with Crippen LogP contribution < -0.4 is 5.32 Å². The largest absolute Gasteiger partial charge is 0.341 e. The predicted octanol–water partition coefficient (Wildman–Crippen LogP) is 0.886. The van der Waals surface area contributed by atoms with Gasteiger partial charge in [-0.25, -0.2) is 9.97 Å². The smallest absolute Gasteiger partial charge is 0.222 e. The predicted molar refractivity (Wildman–Crippen MR) is 68.9 cm³/mol. The molecule has 1 aliphatic heterocycles. The second-order valence-corrected chi connectivity index (χ2v) is 4.82. The molecule has 2 rings (SSSR count). The topological polar surface area (TPSA) is 58.1 Å². The van der Waals surface area contributed by atoms with E-state index >= 15 is 0 Å². The molecular weight excluding hydrogens is 228 g/mol. The summed E-state index contributed by atoms with van der Waals surface area (Å²) < 4.78 is 0. The van der Waals surface area contributed by atoms with Crippen LogP contribution in [0.2, 0.25) is 0 Å². The molecule has 1 amide bonds. The van der Waals surface area contributed by atoms with Crippen molar-refractivity contribution in [2.75, 3.05) is 13.1 Å². The van der Waals surface area contributed by atoms with Gasteiger partial charge >= 0.3 is 0 Å². The van der Waals surface area contributed by atoms with Gasteiger partial charge in [0.15, 0.2) is 0 Å². The van der Waals surface area contributed by atoms with E-state index < -0.39 is 0 Å². The molecule has 0 bridgehead atoms. The van der Waals surface area contributed by atoms with E-state index in [9.17, 15) is 4.79 Å². The number of aryl methyl sites for hydroxylation is 1. The van der Waals surface area contributed by atoms with Crippen molar-refractivity contribution >= 4 is 5.91 Å². The molecule has 98 valence electrons. The van der Waals surface area contributed by atoms with Gasteiger partial charge in [-0.1, -0.05) is 0 Å². The van der Waals surface area contributed by atoms with E-state index in [2.05, 4.69) is 22.2 Å². The third kappa shape index (κ3) is 3.50. The monoisotopic (exact) mass is 248 g/mol. The molecule has 0 radical (unpaired) electrons. The molecule has 2 heterocycles. The fraction of sp³-hybridized carbons (Fsp3) is 0.615. The van der Waals surface area contributed by atoms with Crippen LogP contribution in [0.5, 0.6) is 0 Å². The van der Waals surface area contributed by atoms with E-state index in [0.717, 1.165) is 31.0 Å². The van der Waals surface area contributed by atoms with E-state index in [4.69, 9.17) is 0 Å². The second kappa shape index (κ2) is 5.91. The first kappa shape index (κ1) is 13.0. The summed E-state index contributed by atoms with van der Waals surface area (Å²) >= 11 is 0. The molecule has 1 fully saturated rings. The Balaban J connectivity index is 1.77. The zero-order chi connectivity index (χ0) is 13.0. The van der Waals surface area contributed by atoms with E-state index in [1.807, 2.05) is 17.9 Å². The van der Waals surface area contributed by atoms with E-state index in [0.29, 0.717) is 13.0 Å². The number of rotatable bonds is 5. The van der Waals surface area contributed by atoms with Crippen LogP contribution in [0.15, 0.2) is 12.3 Å². The molecule has 18 heavy (non-hydrogen) atoms. The van der Waals surface area contributed by atoms with Gasteiger partial charge in [0.05, 0.1) is 5.69 Å². The van der Waals surface area contributed by atoms with Gasteiger partial charge in [-0.15, -0.1) is 0 Å². The van der Waals surface area contributed by atoms with Crippen molar-refractivity contribution in [3.63, 3.8) is 0 Å². The van der Waals surface area contributed by atoms with Gasteiger partial charge in [-0.05, 0) is 26.3 Å². The number of aromatic nitrogens is 2. The second-order valence-electron chi connectivity index (χ2n) is 4.82. The van der Waals surface area contributed by atoms with E-state index in [1.165, 1.54) is 0 Å². The molecule has 0 saturated carbocycles. The molecular formula is C13H20N4O. The van der Waals surface area contributed by atoms with Crippen molar-refractivity contribution < 1.29 is 4.79 Å². The van der Waals surface area contributed by atoms with Gasteiger partial charge in [0.1, 0.15) is 5.82 Å². The van der Waals surface area contributed by atoms with Crippen LogP contribution >= 0.6 is 0 Å². The van der Waals surface area contributed by atoms with Gasteiger partial charge in [0.25, 0.3) is 0 Å². The number of nitrogens with one attached hydrogen (secondary N) is 1. The molecule has 5 nitrogen and oxygen atoms in total. The molecule has 5 heteroatoms. The van der Waals surface area contributed by atoms with Crippen LogP contribution in [-0.2, 0) is 11.3 Å². The Labute approximate surface area is 108 Å². The lowest BCUT2D eigenvalue weighted by Gasteiger charge is -2.21. The fourth-order valence-electron chi connectivity index (χ4n) is 2.17. The van der Waals surface area contributed by atoms with Crippen molar-refractivity contribution in [3.05, 3.63) is 23.8 Å². The van der Waals surface area contributed by atoms with Gasteiger partial charge in [0, 0.05) is 38.3 Å². The summed E-state index contributed by atoms with van der Waals surface area (Å²) in [6.45, 7) is 6.38. The Hall–Kier alpha value is -1.49. The number of carbonyl (C=O) groups is 1. The van der Waals surface area contributed by atoms with Crippen molar-refractivity contribution in [2.45, 2.75) is 39.3 Å². The molecule has 1 atom stereocenters. The molecule has 0 aliphatic carbocycles. The lowest BCUT2D eigenvalue weighted by Crippen LogP contribution is -2.39. The van der Waals surface area contributed by atoms with E-state index in [1.54, 1.807) is 6.20 Å². The lowest BCUT2D eigenvalue weighted by atomic mass is 10.3. The normalized spacial score (nSPS) is 17.2. The molecule has 1 aliphatic rings. The number of carbonyl (C=O) groups excluding carboxylic acids is 1. The third-order valence-corrected chi connectivity index (χ3v) is 3.13. The summed E-state index contributed by atoms with van der Waals surface area (Å²) in [5.41, 5.74) is 0.988. The van der Waals surface area contributed by atoms with Crippen LogP contribution in [-0.4, -0.2) is 39.9 Å². The highest BCUT2D eigenvalue weighted by atomic mass is 16.2. The number of nitrogens with zero attached hydrogens (tertiary/aromatic N) is 3. The highest BCUT2D eigenvalue weighted by Gasteiger charge is 2.21. The maximum atomic E-state index is 11.5. The molecule has 0 aromatic carbocycles. The lowest BCUT2D eigenvalue weighted by molar-refractivity contribution is -0.127. The Morgan fingerprint density at radius 1 is 1.56 bits per heavy atom. The van der Waals surface area contributed by atoms with Crippen molar-refractivity contribution in [1.82, 2.24) is 20.2 Å². The van der Waals surface area contributed by atoms with Crippen molar-refractivity contribution in [1.29, 1.82) is 0 Å². The highest BCUT2D eigenvalue weighted by Crippen LogP contribution is 2.09. The zero-order valence-corrected chi connectivity index (χ0v) is 11.0. The Bertz CT molecular complexity index is 421. The van der Waals surface area contributed by atoms with Crippen LogP contribution in [0.1, 0.15) is 31.3 Å². The van der Waals surface area contributed by atoms with Gasteiger partial charge < -0.3 is 10.2 Å². The molecule has 1 N–H and O–H groups in total. The maximum absolute atomic E-state index is 11.5. The number of amides is 1. The standard InChI is InChI=1S/C13H20N4O/c1-10(9-17-7-3-4-13(17)18)15-8-12-5-6-14-11(2)16-12/h5-6,10,15H,3-4,7-9H2,1-2H3. The summed E-state index contributed by atoms with van der Waals surface area (Å²) in [5.74, 6) is 1.07. The summed E-state index contributed by atoms with van der Waals surface area (Å²) in [5, 5.41) is 3.39. The van der Waals surface area contributed by atoms with Gasteiger partial charge in [0.2, 0.25) is 5.91 Å². The van der Waals surface area contributed by atoms with Crippen molar-refractivity contribution in [2.24, 2.45) is 0 Å². The summed E-state index contributed by atoms with van der Waals surface area (Å²) in [4.78, 5) is 21.8. The minimum Gasteiger partial charge on any atom is -0.341 e. The number of hydrogen-bond acceptors (Lipinski definition) is 4. The van der Waals surface area contributed by atoms with Gasteiger partial charge in [-0.2, -0.15) is 0 Å². The minimum absolute atomic E-state index is 0.279. The average Bonchev–Trinajstić information content (AvgIpc) is 2.73. The summed E-state index contributed by atoms with van der Waals surface area (Å²) in [7, 11) is 0. The first-order valence-corrected chi connectivity index (χ1v) is 6.45. The molecule has 1 saturated heterocycles. The summed E-state index contributed by atoms with van der Waals surface area (Å²) in [6, 6.07) is 2.19. The zero-order valence-electron chi connectivity index (χ0n) is 11.0. The SMILES string of the molecule is Cc1nccc(CNC(C)CN2CCCC2=O)n1. The van der Waals surface area contributed by atoms with Crippen LogP contribution in [0.3, 0.4) is 0 Å². The van der Waals surface area contributed by atoms with E-state index in [-0.39, 0.29) is 11.9 Å². The van der Waals surface area contributed by atoms with Crippen LogP contribution in [0.25, 0.3) is 0 Å². The number of likely N-dealkylation sites (tertiary alicyclic amines) is 1. The Morgan fingerprint density at radius 2 is 2.39 bits per heavy atom. The quantitative estimate of drug-likeness (QED) is 0.840. The fourth-order valence-corrected chi connectivity index (χ4v) is 2.17.